The molecule has 14 heavy (non-hydrogen) atoms. The van der Waals surface area contributed by atoms with Crippen molar-refractivity contribution >= 4 is 0 Å². The van der Waals surface area contributed by atoms with Crippen molar-refractivity contribution < 1.29 is 14.6 Å². The third-order valence-electron chi connectivity index (χ3n) is 2.63. The van der Waals surface area contributed by atoms with Crippen LogP contribution in [0.25, 0.3) is 0 Å². The summed E-state index contributed by atoms with van der Waals surface area (Å²) in [5.41, 5.74) is 0.619. The predicted molar refractivity (Wildman–Crippen MR) is 50.0 cm³/mol. The van der Waals surface area contributed by atoms with Crippen LogP contribution in [0.5, 0.6) is 11.5 Å². The smallest absolute Gasteiger partial charge is 0.194 e. The Kier molecular flexibility index (Phi) is 2.29. The zero-order chi connectivity index (χ0) is 10.1. The highest BCUT2D eigenvalue weighted by atomic mass is 19.1. The Bertz CT molecular complexity index is 348. The van der Waals surface area contributed by atoms with Gasteiger partial charge in [-0.25, -0.2) is 4.39 Å². The Labute approximate surface area is 81.2 Å². The van der Waals surface area contributed by atoms with Crippen molar-refractivity contribution in [2.45, 2.75) is 12.3 Å². The zero-order valence-corrected chi connectivity index (χ0v) is 7.63. The predicted octanol–water partition coefficient (Wildman–Crippen LogP) is 1.31. The van der Waals surface area contributed by atoms with E-state index in [0.717, 1.165) is 19.5 Å². The molecule has 0 radical (unpaired) electrons. The van der Waals surface area contributed by atoms with E-state index >= 15 is 0 Å². The maximum Gasteiger partial charge on any atom is 0.194 e. The van der Waals surface area contributed by atoms with E-state index in [4.69, 9.17) is 0 Å². The molecule has 4 heteroatoms. The number of phenols is 2. The van der Waals surface area contributed by atoms with Crippen LogP contribution in [0.2, 0.25) is 0 Å². The van der Waals surface area contributed by atoms with Gasteiger partial charge in [0.1, 0.15) is 0 Å². The van der Waals surface area contributed by atoms with Crippen LogP contribution < -0.4 is 5.32 Å². The third kappa shape index (κ3) is 1.42. The monoisotopic (exact) mass is 197 g/mol. The van der Waals surface area contributed by atoms with E-state index in [1.54, 1.807) is 0 Å². The lowest BCUT2D eigenvalue weighted by atomic mass is 9.97. The second-order valence-electron chi connectivity index (χ2n) is 3.52. The molecular weight excluding hydrogens is 185 g/mol. The second kappa shape index (κ2) is 3.46. The van der Waals surface area contributed by atoms with E-state index in [9.17, 15) is 14.6 Å². The van der Waals surface area contributed by atoms with E-state index in [0.29, 0.717) is 5.56 Å². The van der Waals surface area contributed by atoms with Crippen LogP contribution in [-0.2, 0) is 0 Å². The molecule has 0 bridgehead atoms. The Hall–Kier alpha value is -1.29. The highest BCUT2D eigenvalue weighted by Gasteiger charge is 2.22. The minimum Gasteiger partial charge on any atom is -0.504 e. The van der Waals surface area contributed by atoms with Gasteiger partial charge in [-0.2, -0.15) is 0 Å². The lowest BCUT2D eigenvalue weighted by Gasteiger charge is -2.11. The fourth-order valence-corrected chi connectivity index (χ4v) is 1.82. The number of hydrogen-bond acceptors (Lipinski definition) is 3. The zero-order valence-electron chi connectivity index (χ0n) is 7.63. The number of aromatic hydroxyl groups is 2. The second-order valence-corrected chi connectivity index (χ2v) is 3.52. The largest absolute Gasteiger partial charge is 0.504 e. The summed E-state index contributed by atoms with van der Waals surface area (Å²) >= 11 is 0. The van der Waals surface area contributed by atoms with Gasteiger partial charge in [0.05, 0.1) is 0 Å². The fraction of sp³-hybridized carbons (Fsp3) is 0.400. The Morgan fingerprint density at radius 3 is 2.71 bits per heavy atom. The molecule has 2 rings (SSSR count). The van der Waals surface area contributed by atoms with Crippen molar-refractivity contribution in [2.24, 2.45) is 0 Å². The summed E-state index contributed by atoms with van der Waals surface area (Å²) in [5.74, 6) is -1.58. The fourth-order valence-electron chi connectivity index (χ4n) is 1.82. The van der Waals surface area contributed by atoms with Gasteiger partial charge >= 0.3 is 0 Å². The normalized spacial score (nSPS) is 21.4. The van der Waals surface area contributed by atoms with Gasteiger partial charge in [-0.05, 0) is 19.0 Å². The first-order valence-corrected chi connectivity index (χ1v) is 4.61. The number of halogens is 1. The summed E-state index contributed by atoms with van der Waals surface area (Å²) in [4.78, 5) is 0. The topological polar surface area (TPSA) is 52.5 Å². The van der Waals surface area contributed by atoms with Gasteiger partial charge in [0.15, 0.2) is 17.3 Å². The number of benzene rings is 1. The van der Waals surface area contributed by atoms with E-state index in [1.807, 2.05) is 0 Å². The van der Waals surface area contributed by atoms with Crippen molar-refractivity contribution in [3.05, 3.63) is 23.5 Å². The average Bonchev–Trinajstić information content (AvgIpc) is 2.67. The van der Waals surface area contributed by atoms with E-state index in [2.05, 4.69) is 5.32 Å². The lowest BCUT2D eigenvalue weighted by Crippen LogP contribution is -2.08. The van der Waals surface area contributed by atoms with E-state index in [1.165, 1.54) is 12.1 Å². The SMILES string of the molecule is Oc1c(F)ccc(C2CCNC2)c1O. The summed E-state index contributed by atoms with van der Waals surface area (Å²) in [5, 5.41) is 21.9. The molecule has 1 unspecified atom stereocenters. The minimum absolute atomic E-state index is 0.168. The van der Waals surface area contributed by atoms with E-state index < -0.39 is 11.6 Å². The van der Waals surface area contributed by atoms with Crippen LogP contribution >= 0.6 is 0 Å². The van der Waals surface area contributed by atoms with Crippen molar-refractivity contribution in [2.75, 3.05) is 13.1 Å². The first kappa shape index (κ1) is 9.27. The van der Waals surface area contributed by atoms with Gasteiger partial charge < -0.3 is 15.5 Å². The molecule has 3 nitrogen and oxygen atoms in total. The molecule has 0 aliphatic carbocycles. The molecule has 1 atom stereocenters. The molecule has 1 fully saturated rings. The standard InChI is InChI=1S/C10H12FNO2/c11-8-2-1-7(9(13)10(8)14)6-3-4-12-5-6/h1-2,6,12-14H,3-5H2. The van der Waals surface area contributed by atoms with Gasteiger partial charge in [-0.15, -0.1) is 0 Å². The van der Waals surface area contributed by atoms with Crippen LogP contribution in [0.4, 0.5) is 4.39 Å². The summed E-state index contributed by atoms with van der Waals surface area (Å²) in [7, 11) is 0. The average molecular weight is 197 g/mol. The van der Waals surface area contributed by atoms with Crippen LogP contribution in [0, 0.1) is 5.82 Å². The summed E-state index contributed by atoms with van der Waals surface area (Å²) in [6, 6.07) is 2.71. The number of phenolic OH excluding ortho intramolecular Hbond substituents is 2. The van der Waals surface area contributed by atoms with Gasteiger partial charge in [0.25, 0.3) is 0 Å². The van der Waals surface area contributed by atoms with Crippen molar-refractivity contribution in [1.82, 2.24) is 5.32 Å². The van der Waals surface area contributed by atoms with Crippen molar-refractivity contribution in [3.63, 3.8) is 0 Å². The third-order valence-corrected chi connectivity index (χ3v) is 2.63. The molecule has 1 saturated heterocycles. The summed E-state index contributed by atoms with van der Waals surface area (Å²) in [6.07, 6.45) is 0.901. The van der Waals surface area contributed by atoms with E-state index in [-0.39, 0.29) is 11.7 Å². The molecule has 1 aliphatic heterocycles. The van der Waals surface area contributed by atoms with Crippen molar-refractivity contribution in [1.29, 1.82) is 0 Å². The van der Waals surface area contributed by atoms with Crippen LogP contribution in [0.3, 0.4) is 0 Å². The molecular formula is C10H12FNO2. The number of hydrogen-bond donors (Lipinski definition) is 3. The van der Waals surface area contributed by atoms with Gasteiger partial charge in [-0.3, -0.25) is 0 Å². The van der Waals surface area contributed by atoms with Gasteiger partial charge in [-0.1, -0.05) is 6.07 Å². The highest BCUT2D eigenvalue weighted by molar-refractivity contribution is 5.47. The quantitative estimate of drug-likeness (QED) is 0.595. The maximum atomic E-state index is 12.8. The molecule has 3 N–H and O–H groups in total. The lowest BCUT2D eigenvalue weighted by molar-refractivity contribution is 0.373. The Morgan fingerprint density at radius 1 is 1.29 bits per heavy atom. The number of nitrogens with one attached hydrogen (secondary N) is 1. The number of rotatable bonds is 1. The Morgan fingerprint density at radius 2 is 2.07 bits per heavy atom. The molecule has 0 spiro atoms. The first-order chi connectivity index (χ1) is 6.70. The van der Waals surface area contributed by atoms with Crippen LogP contribution in [0.1, 0.15) is 17.9 Å². The summed E-state index contributed by atoms with van der Waals surface area (Å²) in [6.45, 7) is 1.65. The summed E-state index contributed by atoms with van der Waals surface area (Å²) < 4.78 is 12.8. The first-order valence-electron chi connectivity index (χ1n) is 4.61. The highest BCUT2D eigenvalue weighted by Crippen LogP contribution is 2.37. The van der Waals surface area contributed by atoms with Crippen molar-refractivity contribution in [3.8, 4) is 11.5 Å². The van der Waals surface area contributed by atoms with Crippen LogP contribution in [-0.4, -0.2) is 23.3 Å². The van der Waals surface area contributed by atoms with Gasteiger partial charge in [0.2, 0.25) is 0 Å². The van der Waals surface area contributed by atoms with Gasteiger partial charge in [0, 0.05) is 18.0 Å². The molecule has 76 valence electrons. The Balaban J connectivity index is 2.38. The molecule has 0 amide bonds. The maximum absolute atomic E-state index is 12.8. The molecule has 1 aromatic carbocycles. The molecule has 1 aromatic rings. The molecule has 0 aromatic heterocycles. The minimum atomic E-state index is -0.780. The molecule has 0 saturated carbocycles. The van der Waals surface area contributed by atoms with Crippen LogP contribution in [0.15, 0.2) is 12.1 Å². The molecule has 1 heterocycles. The molecule has 1 aliphatic rings.